The largest absolute Gasteiger partial charge is 0.460 e. The van der Waals surface area contributed by atoms with E-state index in [1.807, 2.05) is 0 Å². The van der Waals surface area contributed by atoms with Crippen LogP contribution in [0.25, 0.3) is 0 Å². The second-order valence-corrected chi connectivity index (χ2v) is 6.27. The van der Waals surface area contributed by atoms with Gasteiger partial charge in [0.15, 0.2) is 0 Å². The Kier molecular flexibility index (Phi) is 5.94. The summed E-state index contributed by atoms with van der Waals surface area (Å²) in [6.45, 7) is 2.31. The molecule has 0 aromatic carbocycles. The number of hydrogen-bond donors (Lipinski definition) is 1. The van der Waals surface area contributed by atoms with Gasteiger partial charge in [0.2, 0.25) is 5.91 Å². The standard InChI is InChI=1S/C16H26N2O4/c1-2-22-16(21)14(19)13-8-5-9-18(13)15(20)12(17)10-11-6-3-4-7-11/h11-13H,2-10,17H2,1H3/t12-,13+/m1/s1. The van der Waals surface area contributed by atoms with E-state index in [2.05, 4.69) is 0 Å². The number of nitrogens with zero attached hydrogens (tertiary/aromatic N) is 1. The van der Waals surface area contributed by atoms with Crippen molar-refractivity contribution in [3.63, 3.8) is 0 Å². The van der Waals surface area contributed by atoms with Gasteiger partial charge in [-0.05, 0) is 32.1 Å². The first-order chi connectivity index (χ1) is 10.5. The second-order valence-electron chi connectivity index (χ2n) is 6.27. The number of ether oxygens (including phenoxy) is 1. The quantitative estimate of drug-likeness (QED) is 0.584. The molecule has 1 saturated heterocycles. The summed E-state index contributed by atoms with van der Waals surface area (Å²) < 4.78 is 4.75. The van der Waals surface area contributed by atoms with Crippen LogP contribution in [-0.4, -0.2) is 47.8 Å². The Morgan fingerprint density at radius 2 is 1.86 bits per heavy atom. The zero-order valence-electron chi connectivity index (χ0n) is 13.3. The van der Waals surface area contributed by atoms with E-state index in [1.54, 1.807) is 6.92 Å². The molecule has 1 saturated carbocycles. The smallest absolute Gasteiger partial charge is 0.376 e. The summed E-state index contributed by atoms with van der Waals surface area (Å²) in [5, 5.41) is 0. The van der Waals surface area contributed by atoms with Crippen molar-refractivity contribution in [2.24, 2.45) is 11.7 Å². The number of Topliss-reactive ketones (excluding diaryl/α,β-unsaturated/α-hetero) is 1. The molecule has 2 fully saturated rings. The SMILES string of the molecule is CCOC(=O)C(=O)[C@@H]1CCCN1C(=O)[C@H](N)CC1CCCC1. The summed E-state index contributed by atoms with van der Waals surface area (Å²) in [6, 6.07) is -1.26. The number of carbonyl (C=O) groups excluding carboxylic acids is 3. The predicted octanol–water partition coefficient (Wildman–Crippen LogP) is 1.02. The molecular weight excluding hydrogens is 284 g/mol. The zero-order chi connectivity index (χ0) is 16.1. The number of ketones is 1. The molecule has 1 aliphatic carbocycles. The second kappa shape index (κ2) is 7.72. The summed E-state index contributed by atoms with van der Waals surface area (Å²) in [4.78, 5) is 37.7. The first-order valence-electron chi connectivity index (χ1n) is 8.31. The minimum absolute atomic E-state index is 0.159. The molecule has 2 atom stereocenters. The Labute approximate surface area is 131 Å². The van der Waals surface area contributed by atoms with Crippen LogP contribution >= 0.6 is 0 Å². The first-order valence-corrected chi connectivity index (χ1v) is 8.31. The summed E-state index contributed by atoms with van der Waals surface area (Å²) in [6.07, 6.45) is 6.59. The maximum Gasteiger partial charge on any atom is 0.376 e. The number of esters is 1. The Morgan fingerprint density at radius 3 is 2.50 bits per heavy atom. The van der Waals surface area contributed by atoms with Crippen molar-refractivity contribution in [3.8, 4) is 0 Å². The van der Waals surface area contributed by atoms with Crippen molar-refractivity contribution in [1.29, 1.82) is 0 Å². The molecule has 1 amide bonds. The van der Waals surface area contributed by atoms with Crippen molar-refractivity contribution in [1.82, 2.24) is 4.90 Å². The molecule has 0 radical (unpaired) electrons. The average molecular weight is 310 g/mol. The molecule has 0 unspecified atom stereocenters. The highest BCUT2D eigenvalue weighted by molar-refractivity contribution is 6.36. The first kappa shape index (κ1) is 16.9. The van der Waals surface area contributed by atoms with Crippen LogP contribution in [0, 0.1) is 5.92 Å². The molecule has 2 rings (SSSR count). The minimum Gasteiger partial charge on any atom is -0.460 e. The number of rotatable bonds is 6. The van der Waals surface area contributed by atoms with Gasteiger partial charge in [-0.1, -0.05) is 25.7 Å². The lowest BCUT2D eigenvalue weighted by Gasteiger charge is -2.27. The lowest BCUT2D eigenvalue weighted by Crippen LogP contribution is -2.50. The lowest BCUT2D eigenvalue weighted by molar-refractivity contribution is -0.156. The van der Waals surface area contributed by atoms with Crippen LogP contribution in [0.15, 0.2) is 0 Å². The van der Waals surface area contributed by atoms with Gasteiger partial charge in [-0.15, -0.1) is 0 Å². The monoisotopic (exact) mass is 310 g/mol. The van der Waals surface area contributed by atoms with E-state index in [0.29, 0.717) is 25.3 Å². The summed E-state index contributed by atoms with van der Waals surface area (Å²) >= 11 is 0. The van der Waals surface area contributed by atoms with Crippen LogP contribution in [0.3, 0.4) is 0 Å². The number of amides is 1. The summed E-state index contributed by atoms with van der Waals surface area (Å²) in [7, 11) is 0. The van der Waals surface area contributed by atoms with Gasteiger partial charge in [0.05, 0.1) is 12.6 Å². The fraction of sp³-hybridized carbons (Fsp3) is 0.812. The maximum absolute atomic E-state index is 12.5. The molecule has 0 spiro atoms. The van der Waals surface area contributed by atoms with Crippen molar-refractivity contribution >= 4 is 17.7 Å². The fourth-order valence-corrected chi connectivity index (χ4v) is 3.56. The highest BCUT2D eigenvalue weighted by atomic mass is 16.5. The lowest BCUT2D eigenvalue weighted by atomic mass is 9.97. The van der Waals surface area contributed by atoms with E-state index >= 15 is 0 Å². The van der Waals surface area contributed by atoms with Crippen molar-refractivity contribution < 1.29 is 19.1 Å². The maximum atomic E-state index is 12.5. The van der Waals surface area contributed by atoms with E-state index in [1.165, 1.54) is 17.7 Å². The number of hydrogen-bond acceptors (Lipinski definition) is 5. The molecule has 1 heterocycles. The van der Waals surface area contributed by atoms with Crippen LogP contribution < -0.4 is 5.73 Å². The Bertz CT molecular complexity index is 432. The van der Waals surface area contributed by atoms with Crippen molar-refractivity contribution in [3.05, 3.63) is 0 Å². The van der Waals surface area contributed by atoms with Crippen LogP contribution in [0.2, 0.25) is 0 Å². The van der Waals surface area contributed by atoms with Crippen LogP contribution in [0.5, 0.6) is 0 Å². The van der Waals surface area contributed by atoms with E-state index in [4.69, 9.17) is 10.5 Å². The van der Waals surface area contributed by atoms with E-state index in [9.17, 15) is 14.4 Å². The minimum atomic E-state index is -0.850. The average Bonchev–Trinajstić information content (AvgIpc) is 3.16. The molecule has 22 heavy (non-hydrogen) atoms. The summed E-state index contributed by atoms with van der Waals surface area (Å²) in [5.74, 6) is -1.16. The third-order valence-electron chi connectivity index (χ3n) is 4.69. The third-order valence-corrected chi connectivity index (χ3v) is 4.69. The number of carbonyl (C=O) groups is 3. The molecular formula is C16H26N2O4. The molecule has 2 N–H and O–H groups in total. The zero-order valence-corrected chi connectivity index (χ0v) is 13.3. The van der Waals surface area contributed by atoms with Crippen molar-refractivity contribution in [2.45, 2.75) is 64.0 Å². The molecule has 6 nitrogen and oxygen atoms in total. The van der Waals surface area contributed by atoms with Gasteiger partial charge in [0.1, 0.15) is 6.04 Å². The van der Waals surface area contributed by atoms with Crippen LogP contribution in [-0.2, 0) is 19.1 Å². The molecule has 2 aliphatic rings. The van der Waals surface area contributed by atoms with Gasteiger partial charge in [-0.25, -0.2) is 4.79 Å². The van der Waals surface area contributed by atoms with E-state index in [0.717, 1.165) is 19.3 Å². The molecule has 0 bridgehead atoms. The summed E-state index contributed by atoms with van der Waals surface area (Å²) in [5.41, 5.74) is 6.06. The molecule has 1 aliphatic heterocycles. The molecule has 124 valence electrons. The van der Waals surface area contributed by atoms with E-state index < -0.39 is 23.8 Å². The Hall–Kier alpha value is -1.43. The topological polar surface area (TPSA) is 89.7 Å². The Morgan fingerprint density at radius 1 is 1.18 bits per heavy atom. The van der Waals surface area contributed by atoms with Gasteiger partial charge >= 0.3 is 5.97 Å². The highest BCUT2D eigenvalue weighted by Crippen LogP contribution is 2.29. The van der Waals surface area contributed by atoms with Crippen LogP contribution in [0.1, 0.15) is 51.9 Å². The Balaban J connectivity index is 1.94. The highest BCUT2D eigenvalue weighted by Gasteiger charge is 2.39. The molecule has 0 aromatic rings. The fourth-order valence-electron chi connectivity index (χ4n) is 3.56. The molecule has 0 aromatic heterocycles. The predicted molar refractivity (Wildman–Crippen MR) is 80.9 cm³/mol. The van der Waals surface area contributed by atoms with E-state index in [-0.39, 0.29) is 12.5 Å². The van der Waals surface area contributed by atoms with Gasteiger partial charge in [0.25, 0.3) is 5.78 Å². The number of likely N-dealkylation sites (tertiary alicyclic amines) is 1. The van der Waals surface area contributed by atoms with Gasteiger partial charge in [-0.3, -0.25) is 9.59 Å². The van der Waals surface area contributed by atoms with Crippen molar-refractivity contribution in [2.75, 3.05) is 13.2 Å². The van der Waals surface area contributed by atoms with Gasteiger partial charge in [-0.2, -0.15) is 0 Å². The number of nitrogens with two attached hydrogens (primary N) is 1. The third kappa shape index (κ3) is 3.85. The molecule has 6 heteroatoms. The normalized spacial score (nSPS) is 23.5. The van der Waals surface area contributed by atoms with Crippen LogP contribution in [0.4, 0.5) is 0 Å². The van der Waals surface area contributed by atoms with Gasteiger partial charge in [0, 0.05) is 6.54 Å². The van der Waals surface area contributed by atoms with Gasteiger partial charge < -0.3 is 15.4 Å².